The second-order valence-corrected chi connectivity index (χ2v) is 7.36. The molecule has 2 heterocycles. The Bertz CT molecular complexity index is 987. The normalized spacial score (nSPS) is 17.5. The Morgan fingerprint density at radius 1 is 1.11 bits per heavy atom. The minimum Gasteiger partial charge on any atom is -0.354 e. The molecular formula is C21H27N5O2. The molecule has 1 aromatic carbocycles. The van der Waals surface area contributed by atoms with Gasteiger partial charge in [0.1, 0.15) is 11.9 Å². The lowest BCUT2D eigenvalue weighted by atomic mass is 10.0. The summed E-state index contributed by atoms with van der Waals surface area (Å²) in [6.07, 6.45) is 2.06. The van der Waals surface area contributed by atoms with Crippen molar-refractivity contribution in [1.29, 1.82) is 5.26 Å². The summed E-state index contributed by atoms with van der Waals surface area (Å²) in [5.74, 6) is 0.441. The van der Waals surface area contributed by atoms with Crippen molar-refractivity contribution in [1.82, 2.24) is 14.0 Å². The largest absolute Gasteiger partial charge is 0.354 e. The van der Waals surface area contributed by atoms with Crippen LogP contribution < -0.4 is 16.1 Å². The molecule has 0 amide bonds. The van der Waals surface area contributed by atoms with E-state index in [4.69, 9.17) is 0 Å². The van der Waals surface area contributed by atoms with Crippen LogP contribution in [0.1, 0.15) is 30.9 Å². The minimum atomic E-state index is -0.528. The Morgan fingerprint density at radius 2 is 1.82 bits per heavy atom. The predicted molar refractivity (Wildman–Crippen MR) is 109 cm³/mol. The van der Waals surface area contributed by atoms with E-state index in [1.807, 2.05) is 17.0 Å². The fourth-order valence-corrected chi connectivity index (χ4v) is 4.02. The maximum atomic E-state index is 12.4. The maximum Gasteiger partial charge on any atom is 0.332 e. The summed E-state index contributed by atoms with van der Waals surface area (Å²) in [7, 11) is 3.04. The fourth-order valence-electron chi connectivity index (χ4n) is 4.02. The predicted octanol–water partition coefficient (Wildman–Crippen LogP) is 1.45. The zero-order chi connectivity index (χ0) is 20.3. The highest BCUT2D eigenvalue weighted by Crippen LogP contribution is 2.23. The van der Waals surface area contributed by atoms with Gasteiger partial charge in [0.25, 0.3) is 5.56 Å². The fraction of sp³-hybridized carbons (Fsp3) is 0.476. The van der Waals surface area contributed by atoms with Crippen LogP contribution in [0.25, 0.3) is 0 Å². The number of piperazine rings is 1. The first-order valence-corrected chi connectivity index (χ1v) is 9.71. The smallest absolute Gasteiger partial charge is 0.332 e. The molecule has 7 heteroatoms. The van der Waals surface area contributed by atoms with Gasteiger partial charge in [-0.05, 0) is 12.0 Å². The quantitative estimate of drug-likeness (QED) is 0.784. The number of hydrogen-bond donors (Lipinski definition) is 0. The van der Waals surface area contributed by atoms with Crippen molar-refractivity contribution in [2.45, 2.75) is 32.4 Å². The van der Waals surface area contributed by atoms with E-state index in [9.17, 15) is 14.9 Å². The summed E-state index contributed by atoms with van der Waals surface area (Å²) < 4.78 is 2.42. The van der Waals surface area contributed by atoms with E-state index in [1.165, 1.54) is 17.2 Å². The van der Waals surface area contributed by atoms with Crippen molar-refractivity contribution in [3.8, 4) is 6.07 Å². The second kappa shape index (κ2) is 8.44. The average molecular weight is 381 g/mol. The van der Waals surface area contributed by atoms with Crippen molar-refractivity contribution in [2.24, 2.45) is 14.1 Å². The van der Waals surface area contributed by atoms with Gasteiger partial charge in [0, 0.05) is 46.3 Å². The maximum absolute atomic E-state index is 12.4. The Labute approximate surface area is 165 Å². The third-order valence-electron chi connectivity index (χ3n) is 5.50. The number of nitrogens with zero attached hydrogens (tertiary/aromatic N) is 5. The van der Waals surface area contributed by atoms with Gasteiger partial charge >= 0.3 is 5.69 Å². The zero-order valence-corrected chi connectivity index (χ0v) is 16.8. The molecule has 3 rings (SSSR count). The van der Waals surface area contributed by atoms with Crippen molar-refractivity contribution in [3.63, 3.8) is 0 Å². The molecule has 0 radical (unpaired) electrons. The van der Waals surface area contributed by atoms with E-state index in [2.05, 4.69) is 36.1 Å². The third-order valence-corrected chi connectivity index (χ3v) is 5.50. The van der Waals surface area contributed by atoms with Gasteiger partial charge in [-0.3, -0.25) is 18.8 Å². The molecule has 28 heavy (non-hydrogen) atoms. The van der Waals surface area contributed by atoms with E-state index in [0.717, 1.165) is 30.5 Å². The van der Waals surface area contributed by atoms with Gasteiger partial charge in [0.05, 0.1) is 0 Å². The molecule has 0 aliphatic carbocycles. The van der Waals surface area contributed by atoms with Crippen molar-refractivity contribution < 1.29 is 0 Å². The lowest BCUT2D eigenvalue weighted by Gasteiger charge is -2.43. The molecule has 2 aromatic rings. The summed E-state index contributed by atoms with van der Waals surface area (Å²) in [6.45, 7) is 5.21. The molecule has 0 N–H and O–H groups in total. The van der Waals surface area contributed by atoms with Crippen LogP contribution in [-0.2, 0) is 20.6 Å². The molecule has 0 bridgehead atoms. The number of nitriles is 1. The van der Waals surface area contributed by atoms with Crippen LogP contribution in [0.15, 0.2) is 39.9 Å². The van der Waals surface area contributed by atoms with Gasteiger partial charge in [0.2, 0.25) is 0 Å². The monoisotopic (exact) mass is 381 g/mol. The van der Waals surface area contributed by atoms with Gasteiger partial charge < -0.3 is 4.90 Å². The Morgan fingerprint density at radius 3 is 2.46 bits per heavy atom. The zero-order valence-electron chi connectivity index (χ0n) is 16.8. The average Bonchev–Trinajstić information content (AvgIpc) is 2.71. The third kappa shape index (κ3) is 3.73. The number of hydrogen-bond acceptors (Lipinski definition) is 5. The van der Waals surface area contributed by atoms with Gasteiger partial charge in [0.15, 0.2) is 5.56 Å². The molecule has 1 fully saturated rings. The summed E-state index contributed by atoms with van der Waals surface area (Å²) >= 11 is 0. The summed E-state index contributed by atoms with van der Waals surface area (Å²) in [5, 5.41) is 9.57. The molecule has 1 aliphatic heterocycles. The Hall–Kier alpha value is -2.85. The molecular weight excluding hydrogens is 354 g/mol. The van der Waals surface area contributed by atoms with E-state index in [-0.39, 0.29) is 5.56 Å². The van der Waals surface area contributed by atoms with Gasteiger partial charge in [-0.1, -0.05) is 43.7 Å². The van der Waals surface area contributed by atoms with Crippen LogP contribution in [0.5, 0.6) is 0 Å². The van der Waals surface area contributed by atoms with Crippen molar-refractivity contribution in [2.75, 3.05) is 24.5 Å². The van der Waals surface area contributed by atoms with Crippen molar-refractivity contribution >= 4 is 5.82 Å². The summed E-state index contributed by atoms with van der Waals surface area (Å²) in [4.78, 5) is 29.3. The molecule has 1 aromatic heterocycles. The van der Waals surface area contributed by atoms with E-state index >= 15 is 0 Å². The highest BCUT2D eigenvalue weighted by atomic mass is 16.2. The number of benzene rings is 1. The van der Waals surface area contributed by atoms with Gasteiger partial charge in [-0.2, -0.15) is 5.26 Å². The SMILES string of the molecule is CCCC1CN(c2c(C#N)c(=O)n(C)c(=O)n2C)CCN1Cc1ccccc1. The van der Waals surface area contributed by atoms with Crippen LogP contribution in [-0.4, -0.2) is 39.7 Å². The van der Waals surface area contributed by atoms with Crippen LogP contribution >= 0.6 is 0 Å². The Balaban J connectivity index is 1.92. The van der Waals surface area contributed by atoms with E-state index in [1.54, 1.807) is 7.05 Å². The lowest BCUT2D eigenvalue weighted by Crippen LogP contribution is -2.54. The van der Waals surface area contributed by atoms with Gasteiger partial charge in [-0.15, -0.1) is 0 Å². The molecule has 1 atom stereocenters. The topological polar surface area (TPSA) is 74.3 Å². The Kier molecular flexibility index (Phi) is 6.00. The number of aromatic nitrogens is 2. The van der Waals surface area contributed by atoms with Gasteiger partial charge in [-0.25, -0.2) is 4.79 Å². The lowest BCUT2D eigenvalue weighted by molar-refractivity contribution is 0.158. The van der Waals surface area contributed by atoms with E-state index in [0.29, 0.717) is 24.9 Å². The minimum absolute atomic E-state index is 0.0383. The van der Waals surface area contributed by atoms with Crippen molar-refractivity contribution in [3.05, 3.63) is 62.3 Å². The second-order valence-electron chi connectivity index (χ2n) is 7.36. The highest BCUT2D eigenvalue weighted by Gasteiger charge is 2.30. The molecule has 0 spiro atoms. The molecule has 7 nitrogen and oxygen atoms in total. The van der Waals surface area contributed by atoms with E-state index < -0.39 is 11.2 Å². The molecule has 148 valence electrons. The number of rotatable bonds is 5. The highest BCUT2D eigenvalue weighted by molar-refractivity contribution is 5.54. The van der Waals surface area contributed by atoms with Crippen LogP contribution in [0.2, 0.25) is 0 Å². The summed E-state index contributed by atoms with van der Waals surface area (Å²) in [6, 6.07) is 12.7. The summed E-state index contributed by atoms with van der Waals surface area (Å²) in [5.41, 5.74) is 0.379. The molecule has 0 saturated carbocycles. The standard InChI is InChI=1S/C21H27N5O2/c1-4-8-17-15-26(12-11-25(17)14-16-9-6-5-7-10-16)19-18(13-22)20(27)24(3)21(28)23(19)2/h5-7,9-10,17H,4,8,11-12,14-15H2,1-3H3. The van der Waals surface area contributed by atoms with Crippen LogP contribution in [0.3, 0.4) is 0 Å². The molecule has 1 saturated heterocycles. The molecule has 1 unspecified atom stereocenters. The first kappa shape index (κ1) is 19.9. The number of anilines is 1. The first-order chi connectivity index (χ1) is 13.5. The first-order valence-electron chi connectivity index (χ1n) is 9.71. The van der Waals surface area contributed by atoms with Crippen LogP contribution in [0, 0.1) is 11.3 Å². The molecule has 1 aliphatic rings. The van der Waals surface area contributed by atoms with Crippen LogP contribution in [0.4, 0.5) is 5.82 Å².